The van der Waals surface area contributed by atoms with Gasteiger partial charge in [-0.3, -0.25) is 9.59 Å². The summed E-state index contributed by atoms with van der Waals surface area (Å²) in [6.07, 6.45) is 3.69. The van der Waals surface area contributed by atoms with E-state index in [-0.39, 0.29) is 41.7 Å². The van der Waals surface area contributed by atoms with Gasteiger partial charge >= 0.3 is 0 Å². The number of benzene rings is 1. The van der Waals surface area contributed by atoms with E-state index in [1.165, 1.54) is 0 Å². The van der Waals surface area contributed by atoms with Gasteiger partial charge in [0.2, 0.25) is 11.8 Å². The highest BCUT2D eigenvalue weighted by Crippen LogP contribution is 2.28. The molecule has 2 amide bonds. The number of carbonyl (C=O) groups excluding carboxylic acids is 2. The van der Waals surface area contributed by atoms with Gasteiger partial charge in [-0.15, -0.1) is 24.0 Å². The number of likely N-dealkylation sites (tertiary alicyclic amines) is 1. The summed E-state index contributed by atoms with van der Waals surface area (Å²) in [5, 5.41) is 9.42. The van der Waals surface area contributed by atoms with E-state index in [2.05, 4.69) is 45.2 Å². The molecule has 0 unspecified atom stereocenters. The van der Waals surface area contributed by atoms with Gasteiger partial charge in [-0.2, -0.15) is 0 Å². The van der Waals surface area contributed by atoms with Crippen LogP contribution in [0, 0.1) is 5.92 Å². The number of aliphatic imine (C=N–C) groups is 1. The first-order valence-corrected chi connectivity index (χ1v) is 10.3. The molecule has 1 aliphatic heterocycles. The largest absolute Gasteiger partial charge is 0.357 e. The van der Waals surface area contributed by atoms with Gasteiger partial charge in [0.1, 0.15) is 0 Å². The Kier molecular flexibility index (Phi) is 9.69. The highest BCUT2D eigenvalue weighted by molar-refractivity contribution is 14.0. The summed E-state index contributed by atoms with van der Waals surface area (Å²) in [5.41, 5.74) is 2.27. The maximum absolute atomic E-state index is 11.7. The molecule has 3 N–H and O–H groups in total. The summed E-state index contributed by atoms with van der Waals surface area (Å²) >= 11 is 0. The van der Waals surface area contributed by atoms with Crippen LogP contribution in [-0.2, 0) is 22.7 Å². The Morgan fingerprint density at radius 3 is 2.41 bits per heavy atom. The fraction of sp³-hybridized carbons (Fsp3) is 0.571. The predicted octanol–water partition coefficient (Wildman–Crippen LogP) is 2.01. The number of nitrogens with one attached hydrogen (secondary N) is 3. The monoisotopic (exact) mass is 513 g/mol. The quantitative estimate of drug-likeness (QED) is 0.204. The van der Waals surface area contributed by atoms with Crippen molar-refractivity contribution >= 4 is 41.8 Å². The molecule has 1 aromatic carbocycles. The summed E-state index contributed by atoms with van der Waals surface area (Å²) in [5.74, 6) is 1.41. The smallest absolute Gasteiger partial charge is 0.223 e. The first kappa shape index (κ1) is 23.4. The average molecular weight is 513 g/mol. The van der Waals surface area contributed by atoms with Crippen molar-refractivity contribution in [3.8, 4) is 0 Å². The molecule has 0 spiro atoms. The molecule has 3 rings (SSSR count). The van der Waals surface area contributed by atoms with E-state index in [4.69, 9.17) is 0 Å². The number of nitrogens with zero attached hydrogens (tertiary/aromatic N) is 2. The molecule has 8 heteroatoms. The average Bonchev–Trinajstić information content (AvgIpc) is 3.48. The molecule has 0 atom stereocenters. The molecular weight excluding hydrogens is 481 g/mol. The van der Waals surface area contributed by atoms with Gasteiger partial charge in [0.25, 0.3) is 0 Å². The number of rotatable bonds is 9. The second-order valence-electron chi connectivity index (χ2n) is 7.42. The van der Waals surface area contributed by atoms with Crippen LogP contribution in [-0.4, -0.2) is 48.9 Å². The second-order valence-corrected chi connectivity index (χ2v) is 7.42. The van der Waals surface area contributed by atoms with Crippen molar-refractivity contribution in [2.24, 2.45) is 10.9 Å². The summed E-state index contributed by atoms with van der Waals surface area (Å²) < 4.78 is 0. The van der Waals surface area contributed by atoms with E-state index in [9.17, 15) is 9.59 Å². The van der Waals surface area contributed by atoms with Gasteiger partial charge < -0.3 is 20.9 Å². The van der Waals surface area contributed by atoms with Crippen LogP contribution in [0.5, 0.6) is 0 Å². The maximum Gasteiger partial charge on any atom is 0.223 e. The molecule has 1 heterocycles. The molecule has 1 saturated heterocycles. The van der Waals surface area contributed by atoms with E-state index in [1.807, 2.05) is 11.8 Å². The minimum absolute atomic E-state index is 0. The van der Waals surface area contributed by atoms with Crippen molar-refractivity contribution in [1.82, 2.24) is 20.9 Å². The third-order valence-electron chi connectivity index (χ3n) is 5.00. The van der Waals surface area contributed by atoms with Crippen molar-refractivity contribution < 1.29 is 9.59 Å². The Labute approximate surface area is 190 Å². The highest BCUT2D eigenvalue weighted by atomic mass is 127. The number of halogens is 1. The molecule has 2 aliphatic rings. The van der Waals surface area contributed by atoms with Crippen molar-refractivity contribution in [3.05, 3.63) is 35.4 Å². The van der Waals surface area contributed by atoms with E-state index in [0.29, 0.717) is 32.6 Å². The van der Waals surface area contributed by atoms with Crippen LogP contribution in [0.15, 0.2) is 29.3 Å². The van der Waals surface area contributed by atoms with Crippen LogP contribution in [0.4, 0.5) is 0 Å². The first-order valence-electron chi connectivity index (χ1n) is 10.3. The van der Waals surface area contributed by atoms with Crippen LogP contribution < -0.4 is 16.0 Å². The fourth-order valence-electron chi connectivity index (χ4n) is 3.21. The number of hydrogen-bond acceptors (Lipinski definition) is 3. The lowest BCUT2D eigenvalue weighted by atomic mass is 10.1. The molecule has 2 fully saturated rings. The van der Waals surface area contributed by atoms with E-state index in [1.54, 1.807) is 0 Å². The summed E-state index contributed by atoms with van der Waals surface area (Å²) in [6.45, 7) is 6.19. The van der Waals surface area contributed by atoms with Gasteiger partial charge in [-0.05, 0) is 37.3 Å². The Morgan fingerprint density at radius 2 is 1.79 bits per heavy atom. The van der Waals surface area contributed by atoms with Gasteiger partial charge in [0.05, 0.1) is 6.54 Å². The SMILES string of the molecule is CCNC(=NCc1ccc(CN2CCCC2=O)cc1)NCCNC(=O)C1CC1.I. The second kappa shape index (κ2) is 12.0. The van der Waals surface area contributed by atoms with Crippen molar-refractivity contribution in [3.63, 3.8) is 0 Å². The number of hydrogen-bond donors (Lipinski definition) is 3. The van der Waals surface area contributed by atoms with E-state index >= 15 is 0 Å². The fourth-order valence-corrected chi connectivity index (χ4v) is 3.21. The van der Waals surface area contributed by atoms with Gasteiger partial charge in [-0.25, -0.2) is 4.99 Å². The highest BCUT2D eigenvalue weighted by Gasteiger charge is 2.28. The maximum atomic E-state index is 11.7. The number of guanidine groups is 1. The van der Waals surface area contributed by atoms with Crippen LogP contribution in [0.1, 0.15) is 43.7 Å². The lowest BCUT2D eigenvalue weighted by Crippen LogP contribution is -2.41. The molecule has 1 aromatic rings. The normalized spacial score (nSPS) is 16.4. The zero-order valence-corrected chi connectivity index (χ0v) is 19.4. The molecule has 1 saturated carbocycles. The van der Waals surface area contributed by atoms with Gasteiger partial charge in [0, 0.05) is 45.1 Å². The molecule has 0 aromatic heterocycles. The third-order valence-corrected chi connectivity index (χ3v) is 5.00. The van der Waals surface area contributed by atoms with Crippen molar-refractivity contribution in [1.29, 1.82) is 0 Å². The summed E-state index contributed by atoms with van der Waals surface area (Å²) in [6, 6.07) is 8.28. The molecule has 0 bridgehead atoms. The Bertz CT molecular complexity index is 704. The molecule has 1 aliphatic carbocycles. The lowest BCUT2D eigenvalue weighted by Gasteiger charge is -2.15. The standard InChI is InChI=1S/C21H31N5O2.HI/c1-2-22-21(24-12-11-23-20(28)18-9-10-18)25-14-16-5-7-17(8-6-16)15-26-13-3-4-19(26)27;/h5-8,18H,2-4,9-15H2,1H3,(H,23,28)(H2,22,24,25);1H. The Balaban J connectivity index is 0.00000300. The molecular formula is C21H32IN5O2. The number of amides is 2. The lowest BCUT2D eigenvalue weighted by molar-refractivity contribution is -0.128. The Morgan fingerprint density at radius 1 is 1.10 bits per heavy atom. The zero-order chi connectivity index (χ0) is 19.8. The van der Waals surface area contributed by atoms with Gasteiger partial charge in [-0.1, -0.05) is 24.3 Å². The van der Waals surface area contributed by atoms with Crippen LogP contribution in [0.3, 0.4) is 0 Å². The summed E-state index contributed by atoms with van der Waals surface area (Å²) in [7, 11) is 0. The molecule has 0 radical (unpaired) electrons. The number of carbonyl (C=O) groups is 2. The first-order chi connectivity index (χ1) is 13.7. The molecule has 160 valence electrons. The topological polar surface area (TPSA) is 85.8 Å². The van der Waals surface area contributed by atoms with Crippen LogP contribution in [0.2, 0.25) is 0 Å². The minimum atomic E-state index is 0. The van der Waals surface area contributed by atoms with Crippen LogP contribution in [0.25, 0.3) is 0 Å². The van der Waals surface area contributed by atoms with E-state index in [0.717, 1.165) is 49.4 Å². The minimum Gasteiger partial charge on any atom is -0.357 e. The third kappa shape index (κ3) is 7.83. The summed E-state index contributed by atoms with van der Waals surface area (Å²) in [4.78, 5) is 29.9. The van der Waals surface area contributed by atoms with Gasteiger partial charge in [0.15, 0.2) is 5.96 Å². The van der Waals surface area contributed by atoms with Crippen molar-refractivity contribution in [2.45, 2.75) is 45.7 Å². The van der Waals surface area contributed by atoms with Crippen LogP contribution >= 0.6 is 24.0 Å². The van der Waals surface area contributed by atoms with Crippen molar-refractivity contribution in [2.75, 3.05) is 26.2 Å². The molecule has 29 heavy (non-hydrogen) atoms. The van der Waals surface area contributed by atoms with E-state index < -0.39 is 0 Å². The Hall–Kier alpha value is -1.84. The zero-order valence-electron chi connectivity index (χ0n) is 17.1. The predicted molar refractivity (Wildman–Crippen MR) is 125 cm³/mol. The molecule has 7 nitrogen and oxygen atoms in total.